The molecule has 0 unspecified atom stereocenters. The molecule has 0 aliphatic carbocycles. The van der Waals surface area contributed by atoms with Crippen LogP contribution in [0.25, 0.3) is 0 Å². The van der Waals surface area contributed by atoms with Crippen molar-refractivity contribution in [3.8, 4) is 0 Å². The number of anilines is 8. The van der Waals surface area contributed by atoms with Gasteiger partial charge < -0.3 is 64.2 Å². The molecule has 468 valence electrons. The average molecular weight is 1320 g/mol. The molecule has 0 atom stereocenters. The highest BCUT2D eigenvalue weighted by Gasteiger charge is 2.41. The summed E-state index contributed by atoms with van der Waals surface area (Å²) in [7, 11) is 0. The van der Waals surface area contributed by atoms with Crippen LogP contribution in [0, 0.1) is 0 Å². The number of imide groups is 2. The summed E-state index contributed by atoms with van der Waals surface area (Å²) >= 11 is 7.04. The predicted molar refractivity (Wildman–Crippen MR) is 333 cm³/mol. The summed E-state index contributed by atoms with van der Waals surface area (Å²) in [6.07, 6.45) is -3.48. The van der Waals surface area contributed by atoms with E-state index < -0.39 is 76.2 Å². The van der Waals surface area contributed by atoms with Crippen LogP contribution in [-0.4, -0.2) is 143 Å². The molecule has 2 saturated heterocycles. The summed E-state index contributed by atoms with van der Waals surface area (Å²) in [4.78, 5) is 103. The standard InChI is InChI=1S/C34H49BrN6O8.C14H17BrN6.C10H18O5/c1-31(2,3)46-27(42)40(28(43)47-32(4,5)6)25-24(39-18-16-38(17-19-39)23-15-13-14-22(35)20-23)21-36-26(37-25)41(29(44)48-33(7,8)9)30(45)49-34(10,11)12;15-10-2-1-3-11(8-10)20-4-6-21(7-5-20)12-9-18-14(17)19-13(12)16;1-9(2,3)14-7(11)13-8(12)15-10(4,5)6/h13-15,20-21H,16-19H2,1-12H3;1-3,8-9H,4-7H2,(H4,16,17,18,19);1-6H3. The molecule has 0 saturated carbocycles. The summed E-state index contributed by atoms with van der Waals surface area (Å²) in [6.45, 7) is 35.4. The van der Waals surface area contributed by atoms with Crippen molar-refractivity contribution >= 4 is 115 Å². The number of ether oxygens (including phenoxy) is 7. The zero-order valence-corrected chi connectivity index (χ0v) is 55.3. The number of nitrogens with zero attached hydrogens (tertiary/aromatic N) is 10. The Kier molecular flexibility index (Phi) is 23.6. The van der Waals surface area contributed by atoms with Gasteiger partial charge in [0.05, 0.1) is 18.1 Å². The second-order valence-corrected chi connectivity index (χ2v) is 27.2. The molecular weight excluding hydrogens is 1230 g/mol. The number of hydrogen-bond acceptors (Lipinski definition) is 23. The number of nitrogen functional groups attached to an aromatic ring is 2. The van der Waals surface area contributed by atoms with Crippen LogP contribution in [-0.2, 0) is 33.2 Å². The highest BCUT2D eigenvalue weighted by molar-refractivity contribution is 9.10. The van der Waals surface area contributed by atoms with Crippen LogP contribution in [0.4, 0.5) is 75.0 Å². The Morgan fingerprint density at radius 1 is 0.447 bits per heavy atom. The fraction of sp³-hybridized carbons (Fsp3) is 0.552. The van der Waals surface area contributed by atoms with Gasteiger partial charge in [-0.3, -0.25) is 0 Å². The van der Waals surface area contributed by atoms with Gasteiger partial charge in [-0.15, -0.1) is 4.90 Å². The van der Waals surface area contributed by atoms with Gasteiger partial charge in [0, 0.05) is 72.7 Å². The highest BCUT2D eigenvalue weighted by Crippen LogP contribution is 2.35. The first-order valence-corrected chi connectivity index (χ1v) is 29.0. The molecule has 0 radical (unpaired) electrons. The third kappa shape index (κ3) is 24.2. The lowest BCUT2D eigenvalue weighted by molar-refractivity contribution is -0.0295. The molecule has 2 aromatic heterocycles. The van der Waals surface area contributed by atoms with Crippen molar-refractivity contribution in [1.29, 1.82) is 0 Å². The van der Waals surface area contributed by atoms with E-state index in [9.17, 15) is 28.8 Å². The normalized spacial score (nSPS) is 14.0. The molecule has 0 spiro atoms. The molecule has 85 heavy (non-hydrogen) atoms. The smallest absolute Gasteiger partial charge is 0.443 e. The van der Waals surface area contributed by atoms with Crippen molar-refractivity contribution in [3.63, 3.8) is 0 Å². The Bertz CT molecular complexity index is 2890. The van der Waals surface area contributed by atoms with Crippen molar-refractivity contribution in [1.82, 2.24) is 19.9 Å². The number of amides is 4. The summed E-state index contributed by atoms with van der Waals surface area (Å²) in [5, 5.41) is 0. The van der Waals surface area contributed by atoms with Crippen molar-refractivity contribution in [3.05, 3.63) is 69.9 Å². The Morgan fingerprint density at radius 3 is 1.12 bits per heavy atom. The molecular formula is C58H84Br2N12O13. The molecule has 2 fully saturated rings. The molecule has 4 amide bonds. The fourth-order valence-corrected chi connectivity index (χ4v) is 8.36. The Balaban J connectivity index is 0.000000348. The van der Waals surface area contributed by atoms with Crippen molar-refractivity contribution in [2.75, 3.05) is 93.2 Å². The maximum absolute atomic E-state index is 13.8. The van der Waals surface area contributed by atoms with Crippen molar-refractivity contribution < 1.29 is 61.9 Å². The molecule has 4 heterocycles. The summed E-state index contributed by atoms with van der Waals surface area (Å²) in [6, 6.07) is 16.3. The van der Waals surface area contributed by atoms with Crippen molar-refractivity contribution in [2.45, 2.75) is 158 Å². The van der Waals surface area contributed by atoms with Gasteiger partial charge in [-0.05, 0) is 161 Å². The molecule has 2 aliphatic rings. The molecule has 4 N–H and O–H groups in total. The van der Waals surface area contributed by atoms with Gasteiger partial charge in [-0.1, -0.05) is 44.0 Å². The highest BCUT2D eigenvalue weighted by atomic mass is 79.9. The van der Waals surface area contributed by atoms with Gasteiger partial charge in [0.2, 0.25) is 11.9 Å². The lowest BCUT2D eigenvalue weighted by Crippen LogP contribution is -2.49. The van der Waals surface area contributed by atoms with Gasteiger partial charge in [0.15, 0.2) is 11.6 Å². The third-order valence-corrected chi connectivity index (χ3v) is 11.8. The van der Waals surface area contributed by atoms with Crippen LogP contribution in [0.1, 0.15) is 125 Å². The van der Waals surface area contributed by atoms with E-state index in [1.54, 1.807) is 131 Å². The quantitative estimate of drug-likeness (QED) is 0.103. The Hall–Kier alpha value is -7.42. The second kappa shape index (κ2) is 28.6. The van der Waals surface area contributed by atoms with Crippen LogP contribution in [0.2, 0.25) is 0 Å². The zero-order valence-electron chi connectivity index (χ0n) is 52.1. The van der Waals surface area contributed by atoms with E-state index in [4.69, 9.17) is 39.9 Å². The molecule has 27 heteroatoms. The molecule has 2 aromatic carbocycles. The number of piperazine rings is 2. The van der Waals surface area contributed by atoms with Crippen molar-refractivity contribution in [2.24, 2.45) is 0 Å². The van der Waals surface area contributed by atoms with Gasteiger partial charge in [-0.25, -0.2) is 38.7 Å². The number of hydrogen-bond donors (Lipinski definition) is 2. The topological polar surface area (TPSA) is 290 Å². The number of aromatic nitrogens is 4. The molecule has 4 aromatic rings. The van der Waals surface area contributed by atoms with Crippen LogP contribution >= 0.6 is 31.9 Å². The molecule has 0 bridgehead atoms. The number of halogens is 2. The summed E-state index contributed by atoms with van der Waals surface area (Å²) in [5.41, 5.74) is 9.41. The van der Waals surface area contributed by atoms with E-state index in [2.05, 4.69) is 89.4 Å². The SMILES string of the molecule is CC(C)(C)OC(=O)N(C(=O)OC(C)(C)C)c1ncc(N2CCN(c3cccc(Br)c3)CC2)c(N(C(=O)OC(C)(C)C)C(=O)OC(C)(C)C)n1.CC(C)(C)OC(=O)OC(=O)OC(C)(C)C.Nc1ncc(N2CCN(c3cccc(Br)c3)CC2)c(N)n1. The maximum atomic E-state index is 13.8. The van der Waals surface area contributed by atoms with Crippen LogP contribution < -0.4 is 40.9 Å². The second-order valence-electron chi connectivity index (χ2n) is 25.4. The van der Waals surface area contributed by atoms with E-state index in [-0.39, 0.29) is 17.5 Å². The predicted octanol–water partition coefficient (Wildman–Crippen LogP) is 12.5. The molecule has 25 nitrogen and oxygen atoms in total. The van der Waals surface area contributed by atoms with Gasteiger partial charge >= 0.3 is 36.7 Å². The molecule has 2 aliphatic heterocycles. The zero-order chi connectivity index (χ0) is 64.2. The first-order valence-electron chi connectivity index (χ1n) is 27.4. The third-order valence-electron chi connectivity index (χ3n) is 10.8. The van der Waals surface area contributed by atoms with Crippen LogP contribution in [0.5, 0.6) is 0 Å². The monoisotopic (exact) mass is 1310 g/mol. The van der Waals surface area contributed by atoms with Crippen LogP contribution in [0.3, 0.4) is 0 Å². The van der Waals surface area contributed by atoms with E-state index in [0.717, 1.165) is 46.5 Å². The number of benzene rings is 2. The van der Waals surface area contributed by atoms with E-state index >= 15 is 0 Å². The van der Waals surface area contributed by atoms with Gasteiger partial charge in [0.1, 0.15) is 39.3 Å². The minimum atomic E-state index is -1.12. The molecule has 6 rings (SSSR count). The summed E-state index contributed by atoms with van der Waals surface area (Å²) < 4.78 is 38.2. The first kappa shape index (κ1) is 70.1. The number of nitrogens with two attached hydrogens (primary N) is 2. The number of rotatable bonds is 6. The number of carbonyl (C=O) groups is 6. The largest absolute Gasteiger partial charge is 0.519 e. The minimum Gasteiger partial charge on any atom is -0.443 e. The van der Waals surface area contributed by atoms with Crippen LogP contribution in [0.15, 0.2) is 69.9 Å². The first-order chi connectivity index (χ1) is 39.0. The van der Waals surface area contributed by atoms with Gasteiger partial charge in [0.25, 0.3) is 0 Å². The average Bonchev–Trinajstić information content (AvgIpc) is 3.44. The Labute approximate surface area is 515 Å². The lowest BCUT2D eigenvalue weighted by atomic mass is 10.2. The van der Waals surface area contributed by atoms with E-state index in [1.807, 2.05) is 35.2 Å². The maximum Gasteiger partial charge on any atom is 0.519 e. The van der Waals surface area contributed by atoms with E-state index in [0.29, 0.717) is 41.8 Å². The summed E-state index contributed by atoms with van der Waals surface area (Å²) in [5.74, 6) is -0.101. The minimum absolute atomic E-state index is 0.212. The van der Waals surface area contributed by atoms with Gasteiger partial charge in [-0.2, -0.15) is 14.9 Å². The fourth-order valence-electron chi connectivity index (χ4n) is 7.58. The lowest BCUT2D eigenvalue weighted by Gasteiger charge is -2.38. The van der Waals surface area contributed by atoms with E-state index in [1.165, 1.54) is 11.9 Å². The number of carbonyl (C=O) groups excluding carboxylic acids is 6. The Morgan fingerprint density at radius 2 is 0.776 bits per heavy atom.